The molecule has 0 bridgehead atoms. The van der Waals surface area contributed by atoms with E-state index in [4.69, 9.17) is 0 Å². The van der Waals surface area contributed by atoms with E-state index < -0.39 is 0 Å². The summed E-state index contributed by atoms with van der Waals surface area (Å²) in [6.07, 6.45) is 3.31. The molecular formula is C9H14N4OS. The maximum absolute atomic E-state index is 11.8. The summed E-state index contributed by atoms with van der Waals surface area (Å²) >= 11 is 1.72. The lowest BCUT2D eigenvalue weighted by atomic mass is 10.2. The maximum Gasteiger partial charge on any atom is 0.248 e. The number of hydrogen-bond donors (Lipinski definition) is 2. The number of hydrogen-bond acceptors (Lipinski definition) is 4. The predicted molar refractivity (Wildman–Crippen MR) is 59.8 cm³/mol. The van der Waals surface area contributed by atoms with Crippen LogP contribution in [0.1, 0.15) is 25.1 Å². The van der Waals surface area contributed by atoms with Gasteiger partial charge < -0.3 is 0 Å². The summed E-state index contributed by atoms with van der Waals surface area (Å²) in [5.74, 6) is 2.19. The van der Waals surface area contributed by atoms with Crippen LogP contribution in [-0.2, 0) is 4.79 Å². The molecule has 1 saturated heterocycles. The van der Waals surface area contributed by atoms with E-state index in [1.807, 2.05) is 0 Å². The first-order valence-corrected chi connectivity index (χ1v) is 6.12. The highest BCUT2D eigenvalue weighted by atomic mass is 32.2. The second-order valence-corrected chi connectivity index (χ2v) is 4.90. The molecule has 1 amide bonds. The van der Waals surface area contributed by atoms with Crippen molar-refractivity contribution < 1.29 is 4.79 Å². The van der Waals surface area contributed by atoms with E-state index in [1.165, 1.54) is 6.42 Å². The smallest absolute Gasteiger partial charge is 0.248 e. The Morgan fingerprint density at radius 3 is 3.07 bits per heavy atom. The minimum absolute atomic E-state index is 0.0266. The van der Waals surface area contributed by atoms with Gasteiger partial charge in [0.15, 0.2) is 0 Å². The van der Waals surface area contributed by atoms with Crippen molar-refractivity contribution in [1.82, 2.24) is 15.2 Å². The van der Waals surface area contributed by atoms with Gasteiger partial charge >= 0.3 is 0 Å². The van der Waals surface area contributed by atoms with Crippen molar-refractivity contribution in [3.63, 3.8) is 0 Å². The van der Waals surface area contributed by atoms with Crippen LogP contribution >= 0.6 is 11.8 Å². The number of carbonyl (C=O) groups is 1. The molecule has 1 unspecified atom stereocenters. The molecule has 1 aliphatic heterocycles. The lowest BCUT2D eigenvalue weighted by molar-refractivity contribution is -0.115. The SMILES string of the molecule is Cc1nc(NC(=O)C2CCCCS2)n[nH]1. The summed E-state index contributed by atoms with van der Waals surface area (Å²) < 4.78 is 0. The highest BCUT2D eigenvalue weighted by Gasteiger charge is 2.22. The fourth-order valence-electron chi connectivity index (χ4n) is 1.54. The maximum atomic E-state index is 11.8. The molecule has 2 rings (SSSR count). The van der Waals surface area contributed by atoms with Crippen LogP contribution < -0.4 is 5.32 Å². The van der Waals surface area contributed by atoms with E-state index in [1.54, 1.807) is 18.7 Å². The monoisotopic (exact) mass is 226 g/mol. The number of thioether (sulfide) groups is 1. The zero-order valence-corrected chi connectivity index (χ0v) is 9.43. The summed E-state index contributed by atoms with van der Waals surface area (Å²) in [5.41, 5.74) is 0. The van der Waals surface area contributed by atoms with Gasteiger partial charge in [-0.05, 0) is 25.5 Å². The third kappa shape index (κ3) is 2.71. The van der Waals surface area contributed by atoms with Crippen molar-refractivity contribution in [3.05, 3.63) is 5.82 Å². The van der Waals surface area contributed by atoms with Gasteiger partial charge in [0.25, 0.3) is 0 Å². The molecule has 15 heavy (non-hydrogen) atoms. The normalized spacial score (nSPS) is 21.3. The zero-order valence-electron chi connectivity index (χ0n) is 8.62. The van der Waals surface area contributed by atoms with Crippen molar-refractivity contribution >= 4 is 23.6 Å². The van der Waals surface area contributed by atoms with Crippen LogP contribution in [0.4, 0.5) is 5.95 Å². The van der Waals surface area contributed by atoms with Crippen LogP contribution in [0.15, 0.2) is 0 Å². The Morgan fingerprint density at radius 2 is 2.47 bits per heavy atom. The molecule has 0 spiro atoms. The predicted octanol–water partition coefficient (Wildman–Crippen LogP) is 1.34. The number of anilines is 1. The molecule has 82 valence electrons. The zero-order chi connectivity index (χ0) is 10.7. The second kappa shape index (κ2) is 4.65. The van der Waals surface area contributed by atoms with E-state index in [-0.39, 0.29) is 11.2 Å². The number of aromatic amines is 1. The highest BCUT2D eigenvalue weighted by Crippen LogP contribution is 2.25. The Bertz CT molecular complexity index is 346. The van der Waals surface area contributed by atoms with E-state index in [0.717, 1.165) is 18.6 Å². The standard InChI is InChI=1S/C9H14N4OS/c1-6-10-9(13-12-6)11-8(14)7-4-2-3-5-15-7/h7H,2-5H2,1H3,(H2,10,11,12,13,14). The molecule has 0 radical (unpaired) electrons. The van der Waals surface area contributed by atoms with Crippen LogP contribution in [-0.4, -0.2) is 32.1 Å². The van der Waals surface area contributed by atoms with Crippen molar-refractivity contribution in [2.75, 3.05) is 11.1 Å². The van der Waals surface area contributed by atoms with Gasteiger partial charge in [0, 0.05) is 0 Å². The largest absolute Gasteiger partial charge is 0.292 e. The van der Waals surface area contributed by atoms with Crippen LogP contribution in [0.25, 0.3) is 0 Å². The lowest BCUT2D eigenvalue weighted by Crippen LogP contribution is -2.27. The number of nitrogens with one attached hydrogen (secondary N) is 2. The van der Waals surface area contributed by atoms with Crippen LogP contribution in [0.5, 0.6) is 0 Å². The minimum Gasteiger partial charge on any atom is -0.292 e. The molecule has 6 heteroatoms. The first-order chi connectivity index (χ1) is 7.25. The molecule has 0 aliphatic carbocycles. The molecule has 1 atom stereocenters. The fourth-order valence-corrected chi connectivity index (χ4v) is 2.74. The van der Waals surface area contributed by atoms with E-state index in [2.05, 4.69) is 20.5 Å². The molecule has 2 N–H and O–H groups in total. The number of amides is 1. The lowest BCUT2D eigenvalue weighted by Gasteiger charge is -2.19. The Morgan fingerprint density at radius 1 is 1.60 bits per heavy atom. The molecule has 5 nitrogen and oxygen atoms in total. The highest BCUT2D eigenvalue weighted by molar-refractivity contribution is 8.00. The number of nitrogens with zero attached hydrogens (tertiary/aromatic N) is 2. The van der Waals surface area contributed by atoms with E-state index >= 15 is 0 Å². The summed E-state index contributed by atoms with van der Waals surface area (Å²) in [4.78, 5) is 15.8. The first-order valence-electron chi connectivity index (χ1n) is 5.07. The van der Waals surface area contributed by atoms with Crippen molar-refractivity contribution in [1.29, 1.82) is 0 Å². The molecule has 0 saturated carbocycles. The van der Waals surface area contributed by atoms with Gasteiger partial charge in [0.05, 0.1) is 5.25 Å². The fraction of sp³-hybridized carbons (Fsp3) is 0.667. The van der Waals surface area contributed by atoms with Crippen molar-refractivity contribution in [2.24, 2.45) is 0 Å². The Balaban J connectivity index is 1.91. The summed E-state index contributed by atoms with van der Waals surface area (Å²) in [7, 11) is 0. The summed E-state index contributed by atoms with van der Waals surface area (Å²) in [5, 5.41) is 9.35. The molecule has 1 aromatic heterocycles. The van der Waals surface area contributed by atoms with Crippen LogP contribution in [0.2, 0.25) is 0 Å². The van der Waals surface area contributed by atoms with Gasteiger partial charge in [-0.25, -0.2) is 0 Å². The van der Waals surface area contributed by atoms with Crippen molar-refractivity contribution in [3.8, 4) is 0 Å². The molecule has 1 aromatic rings. The average Bonchev–Trinajstić information content (AvgIpc) is 2.65. The molecule has 1 aliphatic rings. The Kier molecular flexibility index (Phi) is 3.25. The number of aryl methyl sites for hydroxylation is 1. The molecule has 0 aromatic carbocycles. The average molecular weight is 226 g/mol. The third-order valence-corrected chi connectivity index (χ3v) is 3.68. The van der Waals surface area contributed by atoms with Gasteiger partial charge in [0.2, 0.25) is 11.9 Å². The van der Waals surface area contributed by atoms with Crippen LogP contribution in [0.3, 0.4) is 0 Å². The van der Waals surface area contributed by atoms with Gasteiger partial charge in [0.1, 0.15) is 5.82 Å². The number of rotatable bonds is 2. The number of H-pyrrole nitrogens is 1. The van der Waals surface area contributed by atoms with Crippen molar-refractivity contribution in [2.45, 2.75) is 31.4 Å². The number of aromatic nitrogens is 3. The second-order valence-electron chi connectivity index (χ2n) is 3.59. The van der Waals surface area contributed by atoms with Gasteiger partial charge in [-0.1, -0.05) is 6.42 Å². The van der Waals surface area contributed by atoms with Crippen LogP contribution in [0, 0.1) is 6.92 Å². The first kappa shape index (κ1) is 10.5. The topological polar surface area (TPSA) is 70.7 Å². The quantitative estimate of drug-likeness (QED) is 0.798. The summed E-state index contributed by atoms with van der Waals surface area (Å²) in [6.45, 7) is 1.80. The van der Waals surface area contributed by atoms with E-state index in [0.29, 0.717) is 11.8 Å². The molecular weight excluding hydrogens is 212 g/mol. The van der Waals surface area contributed by atoms with E-state index in [9.17, 15) is 4.79 Å². The van der Waals surface area contributed by atoms with Gasteiger partial charge in [-0.3, -0.25) is 15.2 Å². The number of carbonyl (C=O) groups excluding carboxylic acids is 1. The Labute approximate surface area is 92.4 Å². The molecule has 2 heterocycles. The summed E-state index contributed by atoms with van der Waals surface area (Å²) in [6, 6.07) is 0. The van der Waals surface area contributed by atoms with Gasteiger partial charge in [-0.2, -0.15) is 4.98 Å². The third-order valence-electron chi connectivity index (χ3n) is 2.30. The minimum atomic E-state index is 0.0266. The van der Waals surface area contributed by atoms with Gasteiger partial charge in [-0.15, -0.1) is 16.9 Å². The Hall–Kier alpha value is -1.04. The molecule has 1 fully saturated rings.